The minimum absolute atomic E-state index is 0.0340. The van der Waals surface area contributed by atoms with E-state index in [9.17, 15) is 9.59 Å². The third kappa shape index (κ3) is 5.54. The van der Waals surface area contributed by atoms with Gasteiger partial charge in [0.1, 0.15) is 11.4 Å². The molecular weight excluding hydrogens is 372 g/mol. The highest BCUT2D eigenvalue weighted by molar-refractivity contribution is 6.49. The van der Waals surface area contributed by atoms with Crippen molar-refractivity contribution in [3.8, 4) is 17.0 Å². The van der Waals surface area contributed by atoms with E-state index in [2.05, 4.69) is 25.9 Å². The number of benzene rings is 1. The van der Waals surface area contributed by atoms with Crippen molar-refractivity contribution >= 4 is 15.1 Å². The molecule has 7 heteroatoms. The van der Waals surface area contributed by atoms with Crippen LogP contribution in [0.15, 0.2) is 35.1 Å². The first-order valence-corrected chi connectivity index (χ1v) is 11.7. The second kappa shape index (κ2) is 7.91. The Kier molecular flexibility index (Phi) is 6.18. The van der Waals surface area contributed by atoms with Crippen LogP contribution in [-0.2, 0) is 10.2 Å². The number of hydrogen-bond acceptors (Lipinski definition) is 5. The first-order chi connectivity index (χ1) is 12.8. The molecule has 0 aliphatic carbocycles. The number of aromatic nitrogens is 2. The fraction of sp³-hybridized carbons (Fsp3) is 0.476. The summed E-state index contributed by atoms with van der Waals surface area (Å²) in [6.45, 7) is 15.7. The van der Waals surface area contributed by atoms with Gasteiger partial charge in [-0.1, -0.05) is 26.8 Å². The molecule has 0 aliphatic rings. The number of nitrogens with zero attached hydrogens (tertiary/aromatic N) is 2. The highest BCUT2D eigenvalue weighted by Gasteiger charge is 2.22. The summed E-state index contributed by atoms with van der Waals surface area (Å²) in [4.78, 5) is 24.5. The highest BCUT2D eigenvalue weighted by Crippen LogP contribution is 2.34. The maximum Gasteiger partial charge on any atom is 0.438 e. The SMILES string of the molecule is C[Si](C)Oc1cc(C(C)(C)C)ccc1-c1ccc(=O)n(C(=O)OC(C)(C)C)n1. The van der Waals surface area contributed by atoms with Crippen LogP contribution in [0.2, 0.25) is 13.1 Å². The quantitative estimate of drug-likeness (QED) is 0.702. The van der Waals surface area contributed by atoms with Gasteiger partial charge in [-0.2, -0.15) is 5.10 Å². The monoisotopic (exact) mass is 401 g/mol. The molecule has 0 amide bonds. The van der Waals surface area contributed by atoms with Gasteiger partial charge in [0.25, 0.3) is 14.6 Å². The third-order valence-electron chi connectivity index (χ3n) is 3.80. The van der Waals surface area contributed by atoms with Crippen molar-refractivity contribution in [1.29, 1.82) is 0 Å². The normalized spacial score (nSPS) is 12.2. The van der Waals surface area contributed by atoms with Gasteiger partial charge in [0.2, 0.25) is 0 Å². The lowest BCUT2D eigenvalue weighted by molar-refractivity contribution is 0.0506. The summed E-state index contributed by atoms with van der Waals surface area (Å²) in [5.74, 6) is 0.702. The van der Waals surface area contributed by atoms with Gasteiger partial charge in [-0.15, -0.1) is 4.68 Å². The van der Waals surface area contributed by atoms with Crippen LogP contribution in [0.1, 0.15) is 47.1 Å². The molecular formula is C21H29N2O4Si. The molecule has 0 spiro atoms. The van der Waals surface area contributed by atoms with E-state index >= 15 is 0 Å². The minimum Gasteiger partial charge on any atom is -0.542 e. The van der Waals surface area contributed by atoms with E-state index in [1.807, 2.05) is 31.3 Å². The first kappa shape index (κ1) is 21.9. The van der Waals surface area contributed by atoms with Crippen LogP contribution < -0.4 is 9.99 Å². The van der Waals surface area contributed by atoms with Crippen molar-refractivity contribution in [3.05, 3.63) is 46.2 Å². The fourth-order valence-corrected chi connectivity index (χ4v) is 3.10. The van der Waals surface area contributed by atoms with Gasteiger partial charge in [-0.3, -0.25) is 4.79 Å². The summed E-state index contributed by atoms with van der Waals surface area (Å²) in [5.41, 5.74) is 1.05. The largest absolute Gasteiger partial charge is 0.542 e. The Balaban J connectivity index is 2.56. The van der Waals surface area contributed by atoms with Crippen molar-refractivity contribution < 1.29 is 14.0 Å². The third-order valence-corrected chi connectivity index (χ3v) is 4.43. The number of rotatable bonds is 3. The molecule has 6 nitrogen and oxygen atoms in total. The lowest BCUT2D eigenvalue weighted by Gasteiger charge is -2.22. The Bertz CT molecular complexity index is 921. The maximum atomic E-state index is 12.4. The number of carbonyl (C=O) groups is 1. The lowest BCUT2D eigenvalue weighted by atomic mass is 9.86. The molecule has 1 radical (unpaired) electrons. The average Bonchev–Trinajstić information content (AvgIpc) is 2.52. The van der Waals surface area contributed by atoms with Gasteiger partial charge in [0, 0.05) is 11.6 Å². The van der Waals surface area contributed by atoms with Gasteiger partial charge >= 0.3 is 6.09 Å². The molecule has 2 rings (SSSR count). The van der Waals surface area contributed by atoms with Gasteiger partial charge < -0.3 is 9.16 Å². The summed E-state index contributed by atoms with van der Waals surface area (Å²) in [5, 5.41) is 4.25. The Morgan fingerprint density at radius 3 is 2.21 bits per heavy atom. The number of ether oxygens (including phenoxy) is 1. The van der Waals surface area contributed by atoms with Gasteiger partial charge in [0.15, 0.2) is 0 Å². The smallest absolute Gasteiger partial charge is 0.438 e. The van der Waals surface area contributed by atoms with E-state index in [-0.39, 0.29) is 5.41 Å². The molecule has 0 bridgehead atoms. The summed E-state index contributed by atoms with van der Waals surface area (Å²) in [7, 11) is -1.02. The first-order valence-electron chi connectivity index (χ1n) is 9.24. The average molecular weight is 402 g/mol. The number of hydrogen-bond donors (Lipinski definition) is 0. The van der Waals surface area contributed by atoms with E-state index in [1.54, 1.807) is 26.8 Å². The molecule has 151 valence electrons. The molecule has 1 heterocycles. The van der Waals surface area contributed by atoms with Crippen LogP contribution >= 0.6 is 0 Å². The number of carbonyl (C=O) groups excluding carboxylic acids is 1. The van der Waals surface area contributed by atoms with Crippen LogP contribution in [0.4, 0.5) is 4.79 Å². The van der Waals surface area contributed by atoms with E-state index in [4.69, 9.17) is 9.16 Å². The predicted molar refractivity (Wildman–Crippen MR) is 112 cm³/mol. The molecule has 0 aliphatic heterocycles. The Morgan fingerprint density at radius 2 is 1.68 bits per heavy atom. The molecule has 0 N–H and O–H groups in total. The van der Waals surface area contributed by atoms with Crippen molar-refractivity contribution in [2.75, 3.05) is 0 Å². The zero-order valence-corrected chi connectivity index (χ0v) is 18.9. The summed E-state index contributed by atoms with van der Waals surface area (Å²) < 4.78 is 12.2. The molecule has 28 heavy (non-hydrogen) atoms. The van der Waals surface area contributed by atoms with Gasteiger partial charge in [-0.25, -0.2) is 4.79 Å². The standard InChI is InChI=1S/C21H29N2O4Si/c1-20(2,3)14-9-10-15(17(13-14)27-28(7)8)16-11-12-18(24)23(22-16)19(25)26-21(4,5)6/h9-13H,1-8H3. The second-order valence-corrected chi connectivity index (χ2v) is 10.9. The molecule has 0 unspecified atom stereocenters. The highest BCUT2D eigenvalue weighted by atomic mass is 28.3. The maximum absolute atomic E-state index is 12.4. The zero-order valence-electron chi connectivity index (χ0n) is 17.9. The van der Waals surface area contributed by atoms with E-state index in [0.717, 1.165) is 15.8 Å². The summed E-state index contributed by atoms with van der Waals surface area (Å²) >= 11 is 0. The van der Waals surface area contributed by atoms with E-state index < -0.39 is 26.3 Å². The zero-order chi connectivity index (χ0) is 21.3. The van der Waals surface area contributed by atoms with E-state index in [0.29, 0.717) is 11.4 Å². The fourth-order valence-electron chi connectivity index (χ4n) is 2.50. The Hall–Kier alpha value is -2.41. The summed E-state index contributed by atoms with van der Waals surface area (Å²) in [6.07, 6.45) is -0.802. The van der Waals surface area contributed by atoms with Crippen LogP contribution in [0.5, 0.6) is 5.75 Å². The molecule has 0 fully saturated rings. The Morgan fingerprint density at radius 1 is 1.04 bits per heavy atom. The topological polar surface area (TPSA) is 70.4 Å². The van der Waals surface area contributed by atoms with Crippen LogP contribution in [0.3, 0.4) is 0 Å². The molecule has 0 atom stereocenters. The minimum atomic E-state index is -1.02. The molecule has 0 saturated carbocycles. The predicted octanol–water partition coefficient (Wildman–Crippen LogP) is 4.62. The second-order valence-electron chi connectivity index (χ2n) is 8.92. The van der Waals surface area contributed by atoms with Gasteiger partial charge in [0.05, 0.1) is 5.69 Å². The van der Waals surface area contributed by atoms with Crippen molar-refractivity contribution in [1.82, 2.24) is 9.78 Å². The van der Waals surface area contributed by atoms with Crippen molar-refractivity contribution in [3.63, 3.8) is 0 Å². The van der Waals surface area contributed by atoms with Crippen LogP contribution in [0.25, 0.3) is 11.3 Å². The van der Waals surface area contributed by atoms with Crippen LogP contribution in [0, 0.1) is 0 Å². The molecule has 0 saturated heterocycles. The molecule has 1 aromatic heterocycles. The lowest BCUT2D eigenvalue weighted by Crippen LogP contribution is -2.35. The van der Waals surface area contributed by atoms with Crippen molar-refractivity contribution in [2.24, 2.45) is 0 Å². The summed E-state index contributed by atoms with van der Waals surface area (Å²) in [6, 6.07) is 8.87. The van der Waals surface area contributed by atoms with Crippen molar-refractivity contribution in [2.45, 2.75) is 65.7 Å². The molecule has 2 aromatic rings. The Labute approximate surface area is 168 Å². The van der Waals surface area contributed by atoms with Crippen LogP contribution in [-0.4, -0.2) is 30.5 Å². The van der Waals surface area contributed by atoms with Gasteiger partial charge in [-0.05, 0) is 63.0 Å². The molecule has 1 aromatic carbocycles. The van der Waals surface area contributed by atoms with E-state index in [1.165, 1.54) is 6.07 Å².